The minimum absolute atomic E-state index is 0.156. The van der Waals surface area contributed by atoms with Crippen LogP contribution in [0.4, 0.5) is 8.78 Å². The second-order valence-electron chi connectivity index (χ2n) is 8.89. The van der Waals surface area contributed by atoms with Crippen molar-refractivity contribution in [2.45, 2.75) is 55.5 Å². The molecule has 15 heteroatoms. The van der Waals surface area contributed by atoms with Gasteiger partial charge in [-0.05, 0) is 36.4 Å². The Bertz CT molecular complexity index is 1460. The maximum Gasteiger partial charge on any atom is 0.303 e. The molecule has 0 spiro atoms. The molecule has 0 N–H and O–H groups in total. The fourth-order valence-corrected chi connectivity index (χ4v) is 5.69. The molecule has 0 amide bonds. The lowest BCUT2D eigenvalue weighted by Crippen LogP contribution is -2.57. The molecule has 2 heterocycles. The van der Waals surface area contributed by atoms with Gasteiger partial charge in [0.2, 0.25) is 0 Å². The average Bonchev–Trinajstić information content (AvgIpc) is 3.37. The molecular formula is C26H23Cl2F2N3O7S. The monoisotopic (exact) mass is 629 g/mol. The Labute approximate surface area is 247 Å². The highest BCUT2D eigenvalue weighted by molar-refractivity contribution is 7.99. The van der Waals surface area contributed by atoms with Crippen LogP contribution in [-0.4, -0.2) is 63.3 Å². The van der Waals surface area contributed by atoms with Crippen molar-refractivity contribution in [1.29, 1.82) is 0 Å². The summed E-state index contributed by atoms with van der Waals surface area (Å²) in [4.78, 5) is 36.7. The third-order valence-electron chi connectivity index (χ3n) is 5.85. The first-order chi connectivity index (χ1) is 19.4. The Morgan fingerprint density at radius 3 is 2.29 bits per heavy atom. The van der Waals surface area contributed by atoms with Gasteiger partial charge in [0, 0.05) is 31.2 Å². The quantitative estimate of drug-likeness (QED) is 0.248. The second kappa shape index (κ2) is 13.1. The lowest BCUT2D eigenvalue weighted by molar-refractivity contribution is -0.212. The molecule has 41 heavy (non-hydrogen) atoms. The minimum atomic E-state index is -1.19. The summed E-state index contributed by atoms with van der Waals surface area (Å²) >= 11 is 13.4. The van der Waals surface area contributed by atoms with E-state index in [0.717, 1.165) is 23.9 Å². The molecule has 218 valence electrons. The van der Waals surface area contributed by atoms with E-state index in [9.17, 15) is 23.2 Å². The molecule has 2 aromatic carbocycles. The Kier molecular flexibility index (Phi) is 9.84. The molecule has 1 aromatic heterocycles. The highest BCUT2D eigenvalue weighted by Gasteiger charge is 2.52. The van der Waals surface area contributed by atoms with Crippen LogP contribution < -0.4 is 0 Å². The Hall–Kier alpha value is -3.26. The summed E-state index contributed by atoms with van der Waals surface area (Å²) in [7, 11) is 0. The molecule has 4 rings (SSSR count). The van der Waals surface area contributed by atoms with Gasteiger partial charge in [-0.1, -0.05) is 40.2 Å². The number of carbonyl (C=O) groups is 3. The molecule has 0 aliphatic carbocycles. The number of aromatic nitrogens is 3. The second-order valence-corrected chi connectivity index (χ2v) is 10.9. The SMILES string of the molecule is CC(=O)OCC1O[C@H](Sc2ccc(Cl)c(Cl)c2)C(OC(C)=O)C(n2cc(-c3ccc(F)c(F)c3)nn2)[C@H]1OC(C)=O. The summed E-state index contributed by atoms with van der Waals surface area (Å²) in [6.07, 6.45) is -1.99. The van der Waals surface area contributed by atoms with Crippen molar-refractivity contribution in [2.24, 2.45) is 0 Å². The van der Waals surface area contributed by atoms with Crippen molar-refractivity contribution in [3.8, 4) is 11.3 Å². The van der Waals surface area contributed by atoms with Crippen LogP contribution in [0.15, 0.2) is 47.5 Å². The van der Waals surface area contributed by atoms with Crippen molar-refractivity contribution in [3.63, 3.8) is 0 Å². The standard InChI is InChI=1S/C26H23Cl2F2N3O7S/c1-12(34)37-11-22-24(38-13(2)35)23(33-10-21(31-32-33)15-4-7-19(29)20(30)8-15)25(39-14(3)36)26(40-22)41-16-5-6-17(27)18(28)9-16/h4-10,22-26H,11H2,1-3H3/t22?,23?,24-,25?,26+/m0/s1. The van der Waals surface area contributed by atoms with Gasteiger partial charge in [-0.25, -0.2) is 13.5 Å². The van der Waals surface area contributed by atoms with Gasteiger partial charge in [0.05, 0.1) is 16.2 Å². The molecule has 5 atom stereocenters. The molecular weight excluding hydrogens is 607 g/mol. The molecule has 10 nitrogen and oxygen atoms in total. The fourth-order valence-electron chi connectivity index (χ4n) is 4.17. The third kappa shape index (κ3) is 7.53. The van der Waals surface area contributed by atoms with Crippen molar-refractivity contribution >= 4 is 52.9 Å². The van der Waals surface area contributed by atoms with Crippen LogP contribution in [-0.2, 0) is 33.3 Å². The first kappa shape index (κ1) is 30.7. The number of rotatable bonds is 8. The number of carbonyl (C=O) groups excluding carboxylic acids is 3. The number of nitrogens with zero attached hydrogens (tertiary/aromatic N) is 3. The molecule has 1 aliphatic heterocycles. The third-order valence-corrected chi connectivity index (χ3v) is 7.72. The van der Waals surface area contributed by atoms with Crippen molar-refractivity contribution in [3.05, 3.63) is 64.3 Å². The van der Waals surface area contributed by atoms with E-state index >= 15 is 0 Å². The van der Waals surface area contributed by atoms with Gasteiger partial charge >= 0.3 is 17.9 Å². The maximum absolute atomic E-state index is 13.9. The number of thioether (sulfide) groups is 1. The van der Waals surface area contributed by atoms with E-state index in [1.807, 2.05) is 0 Å². The van der Waals surface area contributed by atoms with Gasteiger partial charge in [0.1, 0.15) is 29.9 Å². The summed E-state index contributed by atoms with van der Waals surface area (Å²) in [5.74, 6) is -4.10. The summed E-state index contributed by atoms with van der Waals surface area (Å²) in [6.45, 7) is 3.25. The highest BCUT2D eigenvalue weighted by atomic mass is 35.5. The van der Waals surface area contributed by atoms with Crippen LogP contribution in [0.3, 0.4) is 0 Å². The van der Waals surface area contributed by atoms with Crippen molar-refractivity contribution in [2.75, 3.05) is 6.61 Å². The van der Waals surface area contributed by atoms with Crippen LogP contribution in [0.2, 0.25) is 10.0 Å². The predicted octanol–water partition coefficient (Wildman–Crippen LogP) is 5.01. The van der Waals surface area contributed by atoms with Gasteiger partial charge in [-0.3, -0.25) is 14.4 Å². The maximum atomic E-state index is 13.9. The zero-order valence-electron chi connectivity index (χ0n) is 21.8. The molecule has 0 radical (unpaired) electrons. The summed E-state index contributed by atoms with van der Waals surface area (Å²) in [5.41, 5.74) is -0.596. The average molecular weight is 630 g/mol. The van der Waals surface area contributed by atoms with Gasteiger partial charge in [-0.2, -0.15) is 0 Å². The lowest BCUT2D eigenvalue weighted by Gasteiger charge is -2.44. The largest absolute Gasteiger partial charge is 0.463 e. The van der Waals surface area contributed by atoms with Crippen LogP contribution in [0.5, 0.6) is 0 Å². The van der Waals surface area contributed by atoms with E-state index in [0.29, 0.717) is 9.92 Å². The minimum Gasteiger partial charge on any atom is -0.463 e. The molecule has 0 saturated carbocycles. The lowest BCUT2D eigenvalue weighted by atomic mass is 9.96. The molecule has 1 fully saturated rings. The smallest absolute Gasteiger partial charge is 0.303 e. The van der Waals surface area contributed by atoms with Gasteiger partial charge < -0.3 is 18.9 Å². The predicted molar refractivity (Wildman–Crippen MR) is 143 cm³/mol. The van der Waals surface area contributed by atoms with E-state index in [4.69, 9.17) is 42.1 Å². The molecule has 3 unspecified atom stereocenters. The molecule has 0 bridgehead atoms. The zero-order chi connectivity index (χ0) is 29.8. The summed E-state index contributed by atoms with van der Waals surface area (Å²) in [6, 6.07) is 7.00. The number of benzene rings is 2. The number of hydrogen-bond donors (Lipinski definition) is 0. The van der Waals surface area contributed by atoms with E-state index in [-0.39, 0.29) is 22.9 Å². The number of ether oxygens (including phenoxy) is 4. The van der Waals surface area contributed by atoms with E-state index in [1.54, 1.807) is 18.2 Å². The van der Waals surface area contributed by atoms with E-state index < -0.39 is 59.3 Å². The van der Waals surface area contributed by atoms with Crippen molar-refractivity contribution < 1.29 is 42.1 Å². The highest BCUT2D eigenvalue weighted by Crippen LogP contribution is 2.42. The van der Waals surface area contributed by atoms with Gasteiger partial charge in [0.15, 0.2) is 23.8 Å². The topological polar surface area (TPSA) is 119 Å². The zero-order valence-corrected chi connectivity index (χ0v) is 24.1. The Balaban J connectivity index is 1.80. The van der Waals surface area contributed by atoms with Crippen LogP contribution in [0, 0.1) is 11.6 Å². The number of halogens is 4. The fraction of sp³-hybridized carbons (Fsp3) is 0.346. The number of esters is 3. The molecule has 1 saturated heterocycles. The van der Waals surface area contributed by atoms with Gasteiger partial charge in [0.25, 0.3) is 0 Å². The number of hydrogen-bond acceptors (Lipinski definition) is 10. The summed E-state index contributed by atoms with van der Waals surface area (Å²) in [5, 5.41) is 8.80. The van der Waals surface area contributed by atoms with Crippen LogP contribution in [0.25, 0.3) is 11.3 Å². The van der Waals surface area contributed by atoms with Gasteiger partial charge in [-0.15, -0.1) is 5.10 Å². The normalized spacial score (nSPS) is 22.2. The van der Waals surface area contributed by atoms with E-state index in [2.05, 4.69) is 10.3 Å². The Morgan fingerprint density at radius 2 is 1.66 bits per heavy atom. The molecule has 3 aromatic rings. The Morgan fingerprint density at radius 1 is 0.951 bits per heavy atom. The van der Waals surface area contributed by atoms with Crippen molar-refractivity contribution in [1.82, 2.24) is 15.0 Å². The van der Waals surface area contributed by atoms with Crippen LogP contribution in [0.1, 0.15) is 26.8 Å². The summed E-state index contributed by atoms with van der Waals surface area (Å²) < 4.78 is 51.4. The first-order valence-corrected chi connectivity index (χ1v) is 13.7. The van der Waals surface area contributed by atoms with E-state index in [1.165, 1.54) is 37.7 Å². The van der Waals surface area contributed by atoms with Crippen LogP contribution >= 0.6 is 35.0 Å². The first-order valence-electron chi connectivity index (χ1n) is 12.0. The molecule has 1 aliphatic rings.